The summed E-state index contributed by atoms with van der Waals surface area (Å²) in [6, 6.07) is 0.331. The number of carbonyl (C=O) groups is 2. The molecule has 1 aliphatic carbocycles. The van der Waals surface area contributed by atoms with E-state index in [4.69, 9.17) is 0 Å². The molecule has 28 heavy (non-hydrogen) atoms. The van der Waals surface area contributed by atoms with E-state index in [0.717, 1.165) is 50.4 Å². The number of carbonyl (C=O) groups excluding carboxylic acids is 2. The Bertz CT molecular complexity index is 715. The highest BCUT2D eigenvalue weighted by molar-refractivity contribution is 7.19. The molecule has 3 fully saturated rings. The molecule has 2 amide bonds. The average molecular weight is 406 g/mol. The Morgan fingerprint density at radius 1 is 1.04 bits per heavy atom. The number of nitrogens with one attached hydrogen (secondary N) is 1. The van der Waals surface area contributed by atoms with Crippen molar-refractivity contribution in [3.63, 3.8) is 0 Å². The van der Waals surface area contributed by atoms with Crippen LogP contribution >= 0.6 is 11.3 Å². The van der Waals surface area contributed by atoms with Crippen LogP contribution in [-0.4, -0.2) is 47.7 Å². The van der Waals surface area contributed by atoms with E-state index in [1.807, 2.05) is 0 Å². The molecule has 3 atom stereocenters. The van der Waals surface area contributed by atoms with Gasteiger partial charge in [0.15, 0.2) is 0 Å². The van der Waals surface area contributed by atoms with Gasteiger partial charge in [-0.15, -0.1) is 10.2 Å². The lowest BCUT2D eigenvalue weighted by Gasteiger charge is -2.36. The molecule has 3 aliphatic rings. The Morgan fingerprint density at radius 3 is 2.50 bits per heavy atom. The molecular weight excluding hydrogens is 374 g/mol. The van der Waals surface area contributed by atoms with E-state index in [9.17, 15) is 9.59 Å². The van der Waals surface area contributed by atoms with Gasteiger partial charge in [-0.25, -0.2) is 0 Å². The highest BCUT2D eigenvalue weighted by Crippen LogP contribution is 2.33. The van der Waals surface area contributed by atoms with Crippen molar-refractivity contribution >= 4 is 33.4 Å². The smallest absolute Gasteiger partial charge is 0.228 e. The first-order chi connectivity index (χ1) is 13.5. The highest BCUT2D eigenvalue weighted by Gasteiger charge is 2.32. The molecule has 2 aliphatic heterocycles. The predicted octanol–water partition coefficient (Wildman–Crippen LogP) is 2.82. The first kappa shape index (κ1) is 19.6. The number of hydrogen-bond acceptors (Lipinski definition) is 6. The van der Waals surface area contributed by atoms with E-state index >= 15 is 0 Å². The number of nitrogens with zero attached hydrogens (tertiary/aromatic N) is 4. The van der Waals surface area contributed by atoms with Crippen molar-refractivity contribution < 1.29 is 9.59 Å². The van der Waals surface area contributed by atoms with Gasteiger partial charge in [-0.2, -0.15) is 0 Å². The third kappa shape index (κ3) is 4.02. The van der Waals surface area contributed by atoms with Crippen molar-refractivity contribution in [1.82, 2.24) is 15.5 Å². The average Bonchev–Trinajstić information content (AvgIpc) is 3.34. The van der Waals surface area contributed by atoms with Gasteiger partial charge in [0.2, 0.25) is 22.1 Å². The number of amides is 2. The molecule has 1 N–H and O–H groups in total. The summed E-state index contributed by atoms with van der Waals surface area (Å²) < 4.78 is 0. The Kier molecular flexibility index (Phi) is 5.85. The van der Waals surface area contributed by atoms with Crippen LogP contribution in [0.15, 0.2) is 0 Å². The lowest BCUT2D eigenvalue weighted by molar-refractivity contribution is -0.127. The SMILES string of the molecule is C[C@@H]1[C@H](C)CCC[C@@H]1NC(=O)C1CCN(c2nnc(N3CCCC3=O)s2)CC1. The zero-order valence-electron chi connectivity index (χ0n) is 16.9. The zero-order chi connectivity index (χ0) is 19.7. The van der Waals surface area contributed by atoms with Gasteiger partial charge in [-0.3, -0.25) is 14.5 Å². The van der Waals surface area contributed by atoms with Gasteiger partial charge in [-0.1, -0.05) is 38.0 Å². The summed E-state index contributed by atoms with van der Waals surface area (Å²) >= 11 is 1.49. The zero-order valence-corrected chi connectivity index (χ0v) is 17.7. The van der Waals surface area contributed by atoms with E-state index in [2.05, 4.69) is 34.3 Å². The van der Waals surface area contributed by atoms with Crippen LogP contribution in [0, 0.1) is 17.8 Å². The minimum Gasteiger partial charge on any atom is -0.353 e. The van der Waals surface area contributed by atoms with Crippen LogP contribution in [-0.2, 0) is 9.59 Å². The summed E-state index contributed by atoms with van der Waals surface area (Å²) in [6.45, 7) is 6.95. The lowest BCUT2D eigenvalue weighted by atomic mass is 9.78. The van der Waals surface area contributed by atoms with Crippen molar-refractivity contribution in [2.75, 3.05) is 29.4 Å². The van der Waals surface area contributed by atoms with Crippen LogP contribution in [0.25, 0.3) is 0 Å². The summed E-state index contributed by atoms with van der Waals surface area (Å²) in [5, 5.41) is 13.4. The van der Waals surface area contributed by atoms with Crippen LogP contribution in [0.1, 0.15) is 58.8 Å². The van der Waals surface area contributed by atoms with Gasteiger partial charge in [0.25, 0.3) is 0 Å². The summed E-state index contributed by atoms with van der Waals surface area (Å²) in [5.74, 6) is 1.71. The van der Waals surface area contributed by atoms with Gasteiger partial charge >= 0.3 is 0 Å². The van der Waals surface area contributed by atoms with Gasteiger partial charge in [0, 0.05) is 38.0 Å². The molecule has 0 aromatic carbocycles. The molecule has 154 valence electrons. The maximum absolute atomic E-state index is 12.8. The van der Waals surface area contributed by atoms with Gasteiger partial charge < -0.3 is 10.2 Å². The maximum atomic E-state index is 12.8. The molecule has 2 saturated heterocycles. The minimum atomic E-state index is 0.0910. The van der Waals surface area contributed by atoms with Crippen LogP contribution in [0.4, 0.5) is 10.3 Å². The van der Waals surface area contributed by atoms with Gasteiger partial charge in [0.1, 0.15) is 0 Å². The molecular formula is C20H31N5O2S. The molecule has 0 unspecified atom stereocenters. The van der Waals surface area contributed by atoms with E-state index in [1.54, 1.807) is 4.90 Å². The van der Waals surface area contributed by atoms with Crippen molar-refractivity contribution in [2.45, 2.75) is 64.8 Å². The topological polar surface area (TPSA) is 78.4 Å². The second-order valence-corrected chi connectivity index (χ2v) is 9.59. The highest BCUT2D eigenvalue weighted by atomic mass is 32.1. The van der Waals surface area contributed by atoms with Gasteiger partial charge in [-0.05, 0) is 37.5 Å². The molecule has 1 saturated carbocycles. The predicted molar refractivity (Wildman–Crippen MR) is 111 cm³/mol. The Labute approximate surface area is 170 Å². The van der Waals surface area contributed by atoms with Crippen LogP contribution < -0.4 is 15.1 Å². The van der Waals surface area contributed by atoms with Crippen LogP contribution in [0.5, 0.6) is 0 Å². The van der Waals surface area contributed by atoms with Crippen LogP contribution in [0.2, 0.25) is 0 Å². The molecule has 1 aromatic heterocycles. The Balaban J connectivity index is 1.29. The third-order valence-electron chi connectivity index (χ3n) is 6.88. The summed E-state index contributed by atoms with van der Waals surface area (Å²) in [4.78, 5) is 28.6. The lowest BCUT2D eigenvalue weighted by Crippen LogP contribution is -2.48. The largest absolute Gasteiger partial charge is 0.353 e. The van der Waals surface area contributed by atoms with Crippen LogP contribution in [0.3, 0.4) is 0 Å². The second-order valence-electron chi connectivity index (χ2n) is 8.66. The standard InChI is InChI=1S/C20H31N5O2S/c1-13-5-3-6-16(14(13)2)21-18(27)15-8-11-24(12-9-15)19-22-23-20(28-19)25-10-4-7-17(25)26/h13-16H,3-12H2,1-2H3,(H,21,27)/t13-,14-,16+/m1/s1. The van der Waals surface area contributed by atoms with E-state index in [0.29, 0.717) is 29.4 Å². The van der Waals surface area contributed by atoms with Crippen molar-refractivity contribution in [1.29, 1.82) is 0 Å². The molecule has 3 heterocycles. The molecule has 0 bridgehead atoms. The third-order valence-corrected chi connectivity index (χ3v) is 7.89. The minimum absolute atomic E-state index is 0.0910. The number of anilines is 2. The van der Waals surface area contributed by atoms with Crippen molar-refractivity contribution in [3.05, 3.63) is 0 Å². The number of hydrogen-bond donors (Lipinski definition) is 1. The molecule has 0 spiro atoms. The van der Waals surface area contributed by atoms with Gasteiger partial charge in [0.05, 0.1) is 0 Å². The van der Waals surface area contributed by atoms with Crippen molar-refractivity contribution in [3.8, 4) is 0 Å². The first-order valence-corrected chi connectivity index (χ1v) is 11.5. The monoisotopic (exact) mass is 405 g/mol. The maximum Gasteiger partial charge on any atom is 0.228 e. The molecule has 4 rings (SSSR count). The molecule has 0 radical (unpaired) electrons. The molecule has 1 aromatic rings. The number of rotatable bonds is 4. The molecule has 7 nitrogen and oxygen atoms in total. The summed E-state index contributed by atoms with van der Waals surface area (Å²) in [7, 11) is 0. The quantitative estimate of drug-likeness (QED) is 0.833. The van der Waals surface area contributed by atoms with Crippen molar-refractivity contribution in [2.24, 2.45) is 17.8 Å². The second kappa shape index (κ2) is 8.35. The molecule has 8 heteroatoms. The first-order valence-electron chi connectivity index (χ1n) is 10.7. The Morgan fingerprint density at radius 2 is 1.79 bits per heavy atom. The van der Waals surface area contributed by atoms with E-state index in [-0.39, 0.29) is 17.7 Å². The summed E-state index contributed by atoms with van der Waals surface area (Å²) in [5.41, 5.74) is 0. The fourth-order valence-corrected chi connectivity index (χ4v) is 5.66. The normalized spacial score (nSPS) is 29.4. The number of aromatic nitrogens is 2. The summed E-state index contributed by atoms with van der Waals surface area (Å²) in [6.07, 6.45) is 6.80. The van der Waals surface area contributed by atoms with E-state index < -0.39 is 0 Å². The fraction of sp³-hybridized carbons (Fsp3) is 0.800. The van der Waals surface area contributed by atoms with E-state index in [1.165, 1.54) is 24.2 Å². The number of piperidine rings is 1. The Hall–Kier alpha value is -1.70. The fourth-order valence-electron chi connectivity index (χ4n) is 4.71.